The van der Waals surface area contributed by atoms with E-state index in [-0.39, 0.29) is 5.02 Å². The van der Waals surface area contributed by atoms with Crippen molar-refractivity contribution in [1.82, 2.24) is 4.90 Å². The Morgan fingerprint density at radius 1 is 1.16 bits per heavy atom. The molecule has 0 radical (unpaired) electrons. The number of hydrogen-bond donors (Lipinski definition) is 1. The van der Waals surface area contributed by atoms with E-state index in [1.165, 1.54) is 0 Å². The lowest BCUT2D eigenvalue weighted by Gasteiger charge is -2.14. The maximum Gasteiger partial charge on any atom is 0.269 e. The Bertz CT molecular complexity index is 592. The highest BCUT2D eigenvalue weighted by Crippen LogP contribution is 2.33. The fourth-order valence-corrected chi connectivity index (χ4v) is 2.71. The molecule has 0 aliphatic carbocycles. The maximum atomic E-state index is 11.3. The van der Waals surface area contributed by atoms with Crippen molar-refractivity contribution >= 4 is 63.3 Å². The van der Waals surface area contributed by atoms with Gasteiger partial charge in [0.25, 0.3) is 11.2 Å². The lowest BCUT2D eigenvalue weighted by molar-refractivity contribution is 0.632. The zero-order valence-corrected chi connectivity index (χ0v) is 13.0. The van der Waals surface area contributed by atoms with Crippen molar-refractivity contribution < 1.29 is 4.21 Å². The van der Waals surface area contributed by atoms with Crippen LogP contribution in [0.5, 0.6) is 0 Å². The Balaban J connectivity index is 2.30. The van der Waals surface area contributed by atoms with Crippen molar-refractivity contribution in [2.75, 3.05) is 19.4 Å². The van der Waals surface area contributed by atoms with Crippen LogP contribution in [-0.4, -0.2) is 34.9 Å². The number of benzene rings is 1. The van der Waals surface area contributed by atoms with Crippen LogP contribution in [0.4, 0.5) is 5.69 Å². The summed E-state index contributed by atoms with van der Waals surface area (Å²) in [5.41, 5.74) is 0.589. The molecule has 2 rings (SSSR count). The van der Waals surface area contributed by atoms with E-state index in [4.69, 9.17) is 34.8 Å². The fourth-order valence-electron chi connectivity index (χ4n) is 1.39. The molecule has 1 heterocycles. The second-order valence-corrected chi connectivity index (χ2v) is 5.88. The number of rotatable bonds is 1. The summed E-state index contributed by atoms with van der Waals surface area (Å²) in [5.74, 6) is 0.873. The smallest absolute Gasteiger partial charge is 0.269 e. The van der Waals surface area contributed by atoms with Crippen LogP contribution in [0.2, 0.25) is 15.1 Å². The zero-order chi connectivity index (χ0) is 14.2. The molecule has 5 nitrogen and oxygen atoms in total. The molecule has 0 spiro atoms. The summed E-state index contributed by atoms with van der Waals surface area (Å²) in [4.78, 5) is 1.70. The van der Waals surface area contributed by atoms with Gasteiger partial charge in [-0.2, -0.15) is 0 Å². The SMILES string of the molecule is CN(C)C1=NS(=O)N=C1Nc1cc(Cl)c(Cl)c(Cl)c1. The van der Waals surface area contributed by atoms with E-state index < -0.39 is 11.2 Å². The van der Waals surface area contributed by atoms with Gasteiger partial charge in [0.15, 0.2) is 11.7 Å². The monoisotopic (exact) mass is 338 g/mol. The minimum atomic E-state index is -1.61. The third kappa shape index (κ3) is 3.20. The molecule has 1 atom stereocenters. The van der Waals surface area contributed by atoms with Crippen LogP contribution in [0.1, 0.15) is 0 Å². The predicted molar refractivity (Wildman–Crippen MR) is 81.8 cm³/mol. The van der Waals surface area contributed by atoms with E-state index in [1.54, 1.807) is 31.1 Å². The highest BCUT2D eigenvalue weighted by molar-refractivity contribution is 7.83. The van der Waals surface area contributed by atoms with Crippen LogP contribution in [0.15, 0.2) is 20.9 Å². The van der Waals surface area contributed by atoms with Crippen molar-refractivity contribution in [3.63, 3.8) is 0 Å². The Kier molecular flexibility index (Phi) is 4.35. The third-order valence-electron chi connectivity index (χ3n) is 2.22. The van der Waals surface area contributed by atoms with Gasteiger partial charge < -0.3 is 10.2 Å². The molecule has 0 aromatic heterocycles. The van der Waals surface area contributed by atoms with Gasteiger partial charge >= 0.3 is 0 Å². The molecule has 9 heteroatoms. The van der Waals surface area contributed by atoms with Crippen LogP contribution < -0.4 is 5.32 Å². The zero-order valence-electron chi connectivity index (χ0n) is 9.95. The lowest BCUT2D eigenvalue weighted by Crippen LogP contribution is -2.32. The van der Waals surface area contributed by atoms with Gasteiger partial charge in [0.2, 0.25) is 0 Å². The van der Waals surface area contributed by atoms with Crippen molar-refractivity contribution in [2.45, 2.75) is 0 Å². The standard InChI is InChI=1S/C10H9Cl3N4OS/c1-17(2)10-9(15-19(18)16-10)14-5-3-6(11)8(13)7(12)4-5/h3-4H,1-2H3,(H,14,15). The topological polar surface area (TPSA) is 57.1 Å². The quantitative estimate of drug-likeness (QED) is 0.800. The van der Waals surface area contributed by atoms with Gasteiger partial charge in [0, 0.05) is 19.8 Å². The molecule has 0 fully saturated rings. The number of likely N-dealkylation sites (N-methyl/N-ethyl adjacent to an activating group) is 1. The molecule has 0 amide bonds. The molecule has 19 heavy (non-hydrogen) atoms. The van der Waals surface area contributed by atoms with Crippen LogP contribution in [0, 0.1) is 0 Å². The van der Waals surface area contributed by atoms with E-state index in [2.05, 4.69) is 14.1 Å². The number of hydrogen-bond acceptors (Lipinski definition) is 3. The summed E-state index contributed by atoms with van der Waals surface area (Å²) in [7, 11) is 3.56. The number of nitrogens with zero attached hydrogens (tertiary/aromatic N) is 3. The van der Waals surface area contributed by atoms with Gasteiger partial charge in [-0.3, -0.25) is 0 Å². The first kappa shape index (κ1) is 14.6. The molecule has 0 saturated heterocycles. The highest BCUT2D eigenvalue weighted by Gasteiger charge is 2.21. The van der Waals surface area contributed by atoms with Crippen molar-refractivity contribution in [2.24, 2.45) is 8.80 Å². The molecule has 0 saturated carbocycles. The third-order valence-corrected chi connectivity index (χ3v) is 4.08. The summed E-state index contributed by atoms with van der Waals surface area (Å²) < 4.78 is 19.1. The van der Waals surface area contributed by atoms with E-state index >= 15 is 0 Å². The Hall–Kier alpha value is -0.820. The van der Waals surface area contributed by atoms with Crippen molar-refractivity contribution in [3.8, 4) is 0 Å². The van der Waals surface area contributed by atoms with Crippen LogP contribution >= 0.6 is 34.8 Å². The molecular formula is C10H9Cl3N4OS. The molecule has 1 aromatic carbocycles. The average molecular weight is 340 g/mol. The lowest BCUT2D eigenvalue weighted by atomic mass is 10.3. The van der Waals surface area contributed by atoms with Crippen molar-refractivity contribution in [1.29, 1.82) is 0 Å². The molecular weight excluding hydrogens is 331 g/mol. The van der Waals surface area contributed by atoms with Crippen LogP contribution in [0.3, 0.4) is 0 Å². The molecule has 1 unspecified atom stereocenters. The van der Waals surface area contributed by atoms with Gasteiger partial charge in [-0.1, -0.05) is 34.8 Å². The average Bonchev–Trinajstić information content (AvgIpc) is 2.67. The minimum Gasteiger partial charge on any atom is -0.359 e. The molecule has 0 bridgehead atoms. The van der Waals surface area contributed by atoms with Gasteiger partial charge in [0.1, 0.15) is 0 Å². The molecule has 102 valence electrons. The summed E-state index contributed by atoms with van der Waals surface area (Å²) >= 11 is 16.1. The molecule has 1 N–H and O–H groups in total. The van der Waals surface area contributed by atoms with Gasteiger partial charge in [-0.05, 0) is 12.1 Å². The summed E-state index contributed by atoms with van der Waals surface area (Å²) in [6.07, 6.45) is 0. The predicted octanol–water partition coefficient (Wildman–Crippen LogP) is 3.01. The Morgan fingerprint density at radius 2 is 1.74 bits per heavy atom. The number of amidine groups is 2. The Morgan fingerprint density at radius 3 is 2.26 bits per heavy atom. The van der Waals surface area contributed by atoms with E-state index in [1.807, 2.05) is 0 Å². The number of nitrogens with one attached hydrogen (secondary N) is 1. The van der Waals surface area contributed by atoms with Gasteiger partial charge in [0.05, 0.1) is 15.1 Å². The van der Waals surface area contributed by atoms with E-state index in [0.717, 1.165) is 0 Å². The van der Waals surface area contributed by atoms with Gasteiger partial charge in [-0.15, -0.1) is 8.80 Å². The number of anilines is 1. The molecule has 1 aliphatic heterocycles. The first-order valence-corrected chi connectivity index (χ1v) is 7.27. The second-order valence-electron chi connectivity index (χ2n) is 3.86. The normalized spacial score (nSPS) is 18.1. The summed E-state index contributed by atoms with van der Waals surface area (Å²) in [6, 6.07) is 3.21. The first-order chi connectivity index (χ1) is 8.88. The van der Waals surface area contributed by atoms with E-state index in [0.29, 0.717) is 27.4 Å². The van der Waals surface area contributed by atoms with Crippen LogP contribution in [-0.2, 0) is 11.2 Å². The van der Waals surface area contributed by atoms with E-state index in [9.17, 15) is 4.21 Å². The fraction of sp³-hybridized carbons (Fsp3) is 0.200. The van der Waals surface area contributed by atoms with Crippen molar-refractivity contribution in [3.05, 3.63) is 27.2 Å². The highest BCUT2D eigenvalue weighted by atomic mass is 35.5. The Labute approximate surface area is 128 Å². The maximum absolute atomic E-state index is 11.3. The molecule has 1 aliphatic rings. The van der Waals surface area contributed by atoms with Crippen LogP contribution in [0.25, 0.3) is 0 Å². The minimum absolute atomic E-state index is 0.285. The summed E-state index contributed by atoms with van der Waals surface area (Å²) in [5, 5.41) is 3.89. The van der Waals surface area contributed by atoms with Gasteiger partial charge in [-0.25, -0.2) is 4.21 Å². The number of halogens is 3. The second kappa shape index (κ2) is 5.66. The summed E-state index contributed by atoms with van der Waals surface area (Å²) in [6.45, 7) is 0. The molecule has 1 aromatic rings. The first-order valence-electron chi connectivity index (χ1n) is 5.07. The largest absolute Gasteiger partial charge is 0.359 e.